The Morgan fingerprint density at radius 1 is 1.42 bits per heavy atom. The summed E-state index contributed by atoms with van der Waals surface area (Å²) >= 11 is 0. The van der Waals surface area contributed by atoms with E-state index in [9.17, 15) is 8.42 Å². The van der Waals surface area contributed by atoms with Crippen molar-refractivity contribution in [1.29, 1.82) is 0 Å². The quantitative estimate of drug-likeness (QED) is 0.701. The molecule has 0 heterocycles. The van der Waals surface area contributed by atoms with Gasteiger partial charge in [0.2, 0.25) is 0 Å². The summed E-state index contributed by atoms with van der Waals surface area (Å²) in [6, 6.07) is 9.44. The first-order valence-electron chi connectivity index (χ1n) is 3.34. The van der Waals surface area contributed by atoms with Crippen LogP contribution < -0.4 is 4.74 Å². The molecule has 0 aliphatic carbocycles. The molecule has 0 saturated carbocycles. The lowest BCUT2D eigenvalue weighted by Crippen LogP contribution is -2.09. The third-order valence-electron chi connectivity index (χ3n) is 1.13. The van der Waals surface area contributed by atoms with Gasteiger partial charge < -0.3 is 4.74 Å². The van der Waals surface area contributed by atoms with E-state index in [4.69, 9.17) is 4.74 Å². The Kier molecular flexibility index (Phi) is 2.70. The van der Waals surface area contributed by atoms with Gasteiger partial charge in [-0.3, -0.25) is 0 Å². The molecular weight excluding hydrogens is 176 g/mol. The fraction of sp³-hybridized carbons (Fsp3) is 0.250. The third-order valence-corrected chi connectivity index (χ3v) is 1.67. The average molecular weight is 185 g/mol. The van der Waals surface area contributed by atoms with Crippen molar-refractivity contribution in [3.63, 3.8) is 0 Å². The first-order valence-corrected chi connectivity index (χ1v) is 5.40. The minimum Gasteiger partial charge on any atom is -0.478 e. The molecule has 1 radical (unpaired) electrons. The number of hydrogen-bond acceptors (Lipinski definition) is 3. The average Bonchev–Trinajstić information content (AvgIpc) is 2.02. The maximum absolute atomic E-state index is 10.7. The van der Waals surface area contributed by atoms with Gasteiger partial charge in [0, 0.05) is 6.26 Å². The normalized spacial score (nSPS) is 11.1. The van der Waals surface area contributed by atoms with Crippen molar-refractivity contribution < 1.29 is 13.2 Å². The van der Waals surface area contributed by atoms with Crippen molar-refractivity contribution in [2.75, 3.05) is 12.2 Å². The van der Waals surface area contributed by atoms with Crippen LogP contribution in [0.4, 0.5) is 0 Å². The van der Waals surface area contributed by atoms with E-state index in [1.165, 1.54) is 0 Å². The molecule has 0 spiro atoms. The monoisotopic (exact) mass is 185 g/mol. The Labute approximate surface area is 71.9 Å². The maximum atomic E-state index is 10.7. The topological polar surface area (TPSA) is 43.4 Å². The molecule has 12 heavy (non-hydrogen) atoms. The second-order valence-corrected chi connectivity index (χ2v) is 4.51. The molecule has 0 saturated heterocycles. The highest BCUT2D eigenvalue weighted by Crippen LogP contribution is 2.08. The summed E-state index contributed by atoms with van der Waals surface area (Å²) in [4.78, 5) is 0. The fourth-order valence-corrected chi connectivity index (χ4v) is 0.993. The minimum atomic E-state index is -3.05. The predicted octanol–water partition coefficient (Wildman–Crippen LogP) is 0.868. The lowest BCUT2D eigenvalue weighted by molar-refractivity contribution is 0.378. The van der Waals surface area contributed by atoms with Crippen LogP contribution in [0.15, 0.2) is 24.3 Å². The second kappa shape index (κ2) is 3.58. The molecule has 0 atom stereocenters. The van der Waals surface area contributed by atoms with Crippen LogP contribution in [0, 0.1) is 6.07 Å². The molecule has 1 aromatic rings. The van der Waals surface area contributed by atoms with E-state index in [0.717, 1.165) is 6.26 Å². The van der Waals surface area contributed by atoms with Gasteiger partial charge in [0.15, 0.2) is 15.8 Å². The molecule has 1 aromatic carbocycles. The molecule has 0 aromatic heterocycles. The van der Waals surface area contributed by atoms with Gasteiger partial charge in [-0.05, 0) is 18.2 Å². The Morgan fingerprint density at radius 2 is 2.00 bits per heavy atom. The van der Waals surface area contributed by atoms with E-state index in [2.05, 4.69) is 6.07 Å². The van der Waals surface area contributed by atoms with Gasteiger partial charge in [-0.15, -0.1) is 0 Å². The standard InChI is InChI=1S/C8H9O3S/c1-12(9,10)7-11-8-5-3-2-4-6-8/h3-6H,7H2,1H3. The lowest BCUT2D eigenvalue weighted by Gasteiger charge is -2.02. The van der Waals surface area contributed by atoms with Crippen molar-refractivity contribution >= 4 is 9.84 Å². The molecule has 65 valence electrons. The first-order chi connectivity index (χ1) is 5.58. The predicted molar refractivity (Wildman–Crippen MR) is 45.6 cm³/mol. The van der Waals surface area contributed by atoms with Crippen LogP contribution >= 0.6 is 0 Å². The Balaban J connectivity index is 2.56. The molecule has 0 N–H and O–H groups in total. The molecule has 1 rings (SSSR count). The summed E-state index contributed by atoms with van der Waals surface area (Å²) in [5, 5.41) is 0. The molecule has 4 heteroatoms. The SMILES string of the molecule is CS(=O)(=O)COc1cc[c]cc1. The summed E-state index contributed by atoms with van der Waals surface area (Å²) < 4.78 is 26.3. The van der Waals surface area contributed by atoms with Gasteiger partial charge >= 0.3 is 0 Å². The number of ether oxygens (including phenoxy) is 1. The number of benzene rings is 1. The van der Waals surface area contributed by atoms with Crippen LogP contribution in [0.1, 0.15) is 0 Å². The molecule has 0 aliphatic heterocycles. The molecule has 3 nitrogen and oxygen atoms in total. The summed E-state index contributed by atoms with van der Waals surface area (Å²) in [6.07, 6.45) is 1.13. The van der Waals surface area contributed by atoms with Gasteiger partial charge in [0.1, 0.15) is 5.75 Å². The smallest absolute Gasteiger partial charge is 0.188 e. The molecule has 0 bridgehead atoms. The molecule has 0 fully saturated rings. The second-order valence-electron chi connectivity index (χ2n) is 2.42. The third kappa shape index (κ3) is 3.39. The minimum absolute atomic E-state index is 0.281. The zero-order chi connectivity index (χ0) is 9.03. The van der Waals surface area contributed by atoms with E-state index in [-0.39, 0.29) is 5.94 Å². The molecule has 0 unspecified atom stereocenters. The maximum Gasteiger partial charge on any atom is 0.188 e. The highest BCUT2D eigenvalue weighted by molar-refractivity contribution is 7.90. The zero-order valence-electron chi connectivity index (χ0n) is 6.65. The highest BCUT2D eigenvalue weighted by atomic mass is 32.2. The molecule has 0 aliphatic rings. The highest BCUT2D eigenvalue weighted by Gasteiger charge is 2.01. The van der Waals surface area contributed by atoms with Crippen molar-refractivity contribution in [2.24, 2.45) is 0 Å². The number of sulfone groups is 1. The van der Waals surface area contributed by atoms with Crippen LogP contribution in [0.25, 0.3) is 0 Å². The van der Waals surface area contributed by atoms with Gasteiger partial charge in [0.05, 0.1) is 0 Å². The first kappa shape index (κ1) is 9.06. The van der Waals surface area contributed by atoms with Crippen LogP contribution in [0.5, 0.6) is 5.75 Å². The van der Waals surface area contributed by atoms with E-state index in [0.29, 0.717) is 5.75 Å². The van der Waals surface area contributed by atoms with Crippen molar-refractivity contribution in [3.8, 4) is 5.75 Å². The van der Waals surface area contributed by atoms with Crippen LogP contribution in [0.2, 0.25) is 0 Å². The van der Waals surface area contributed by atoms with E-state index >= 15 is 0 Å². The van der Waals surface area contributed by atoms with Gasteiger partial charge in [-0.1, -0.05) is 12.1 Å². The Hall–Kier alpha value is -1.03. The zero-order valence-corrected chi connectivity index (χ0v) is 7.47. The van der Waals surface area contributed by atoms with E-state index in [1.807, 2.05) is 0 Å². The van der Waals surface area contributed by atoms with Crippen LogP contribution in [0.3, 0.4) is 0 Å². The summed E-state index contributed by atoms with van der Waals surface area (Å²) in [7, 11) is -3.05. The summed E-state index contributed by atoms with van der Waals surface area (Å²) in [5.74, 6) is 0.260. The molecule has 0 amide bonds. The van der Waals surface area contributed by atoms with Crippen molar-refractivity contribution in [2.45, 2.75) is 0 Å². The lowest BCUT2D eigenvalue weighted by atomic mass is 10.3. The van der Waals surface area contributed by atoms with Crippen LogP contribution in [-0.2, 0) is 9.84 Å². The Morgan fingerprint density at radius 3 is 2.50 bits per heavy atom. The van der Waals surface area contributed by atoms with Crippen molar-refractivity contribution in [1.82, 2.24) is 0 Å². The van der Waals surface area contributed by atoms with Crippen LogP contribution in [-0.4, -0.2) is 20.6 Å². The summed E-state index contributed by atoms with van der Waals surface area (Å²) in [5.41, 5.74) is 0. The van der Waals surface area contributed by atoms with Gasteiger partial charge in [0.25, 0.3) is 0 Å². The van der Waals surface area contributed by atoms with Gasteiger partial charge in [-0.25, -0.2) is 8.42 Å². The summed E-state index contributed by atoms with van der Waals surface area (Å²) in [6.45, 7) is 0. The Bertz CT molecular complexity index is 329. The van der Waals surface area contributed by atoms with Crippen molar-refractivity contribution in [3.05, 3.63) is 30.3 Å². The largest absolute Gasteiger partial charge is 0.478 e. The number of rotatable bonds is 3. The molecular formula is C8H9O3S. The van der Waals surface area contributed by atoms with E-state index < -0.39 is 9.84 Å². The van der Waals surface area contributed by atoms with Gasteiger partial charge in [-0.2, -0.15) is 0 Å². The fourth-order valence-electron chi connectivity index (χ4n) is 0.643. The number of hydrogen-bond donors (Lipinski definition) is 0. The van der Waals surface area contributed by atoms with E-state index in [1.54, 1.807) is 24.3 Å².